The van der Waals surface area contributed by atoms with Crippen LogP contribution >= 0.6 is 0 Å². The van der Waals surface area contributed by atoms with Gasteiger partial charge < -0.3 is 9.47 Å². The van der Waals surface area contributed by atoms with Crippen LogP contribution in [0.1, 0.15) is 19.8 Å². The van der Waals surface area contributed by atoms with Crippen LogP contribution in [-0.4, -0.2) is 25.5 Å². The first kappa shape index (κ1) is 8.49. The highest BCUT2D eigenvalue weighted by molar-refractivity contribution is 5.69. The molecule has 1 N–H and O–H groups in total. The van der Waals surface area contributed by atoms with Crippen LogP contribution in [0.2, 0.25) is 0 Å². The minimum Gasteiger partial charge on any atom is -0.421 e. The van der Waals surface area contributed by atoms with E-state index in [1.165, 1.54) is 0 Å². The van der Waals surface area contributed by atoms with E-state index < -0.39 is 6.41 Å². The van der Waals surface area contributed by atoms with E-state index in [2.05, 4.69) is 5.32 Å². The summed E-state index contributed by atoms with van der Waals surface area (Å²) in [5.74, 6) is -0.202. The molecule has 1 heterocycles. The fourth-order valence-corrected chi connectivity index (χ4v) is 0.860. The van der Waals surface area contributed by atoms with E-state index in [1.807, 2.05) is 6.92 Å². The summed E-state index contributed by atoms with van der Waals surface area (Å²) in [7, 11) is 0. The Labute approximate surface area is 65.9 Å². The number of rotatable bonds is 3. The molecule has 1 aliphatic heterocycles. The normalized spacial score (nSPS) is 23.5. The lowest BCUT2D eigenvalue weighted by molar-refractivity contribution is -0.173. The van der Waals surface area contributed by atoms with Crippen molar-refractivity contribution in [2.24, 2.45) is 0 Å². The second-order valence-electron chi connectivity index (χ2n) is 2.40. The number of nitrogens with one attached hydrogen (secondary N) is 1. The first-order chi connectivity index (χ1) is 5.33. The van der Waals surface area contributed by atoms with Crippen molar-refractivity contribution in [2.45, 2.75) is 26.2 Å². The van der Waals surface area contributed by atoms with Crippen molar-refractivity contribution in [2.75, 3.05) is 13.2 Å². The fourth-order valence-electron chi connectivity index (χ4n) is 0.860. The first-order valence-corrected chi connectivity index (χ1v) is 3.87. The lowest BCUT2D eigenvalue weighted by atomic mass is 10.3. The minimum atomic E-state index is -0.506. The minimum absolute atomic E-state index is 0.202. The molecule has 1 fully saturated rings. The van der Waals surface area contributed by atoms with Crippen molar-refractivity contribution in [3.8, 4) is 0 Å². The maximum Gasteiger partial charge on any atom is 0.309 e. The quantitative estimate of drug-likeness (QED) is 0.599. The summed E-state index contributed by atoms with van der Waals surface area (Å²) in [6, 6.07) is 0. The molecule has 0 aliphatic carbocycles. The molecular formula is C7H13NO3. The van der Waals surface area contributed by atoms with Gasteiger partial charge in [-0.2, -0.15) is 0 Å². The fraction of sp³-hybridized carbons (Fsp3) is 0.857. The predicted octanol–water partition coefficient (Wildman–Crippen LogP) is 0.233. The number of carbonyl (C=O) groups excluding carboxylic acids is 1. The van der Waals surface area contributed by atoms with Gasteiger partial charge in [-0.25, -0.2) is 0 Å². The second kappa shape index (κ2) is 4.31. The molecule has 1 aliphatic rings. The highest BCUT2D eigenvalue weighted by Gasteiger charge is 2.17. The van der Waals surface area contributed by atoms with Crippen LogP contribution in [0.25, 0.3) is 0 Å². The van der Waals surface area contributed by atoms with Gasteiger partial charge in [-0.1, -0.05) is 6.92 Å². The molecule has 0 spiro atoms. The molecular weight excluding hydrogens is 146 g/mol. The predicted molar refractivity (Wildman–Crippen MR) is 38.7 cm³/mol. The summed E-state index contributed by atoms with van der Waals surface area (Å²) in [6.07, 6.45) is 0.765. The molecule has 1 atom stereocenters. The van der Waals surface area contributed by atoms with E-state index in [-0.39, 0.29) is 5.97 Å². The third-order valence-electron chi connectivity index (χ3n) is 1.37. The van der Waals surface area contributed by atoms with Crippen LogP contribution in [0.5, 0.6) is 0 Å². The van der Waals surface area contributed by atoms with Crippen molar-refractivity contribution >= 4 is 5.97 Å². The van der Waals surface area contributed by atoms with Crippen LogP contribution in [0.3, 0.4) is 0 Å². The summed E-state index contributed by atoms with van der Waals surface area (Å²) in [4.78, 5) is 10.9. The Kier molecular flexibility index (Phi) is 3.32. The summed E-state index contributed by atoms with van der Waals surface area (Å²) in [5, 5.41) is 2.88. The van der Waals surface area contributed by atoms with Gasteiger partial charge in [0.2, 0.25) is 0 Å². The van der Waals surface area contributed by atoms with Crippen LogP contribution in [-0.2, 0) is 14.3 Å². The molecule has 0 radical (unpaired) electrons. The topological polar surface area (TPSA) is 47.6 Å². The lowest BCUT2D eigenvalue weighted by Gasteiger charge is -2.09. The molecule has 11 heavy (non-hydrogen) atoms. The van der Waals surface area contributed by atoms with Crippen LogP contribution in [0.15, 0.2) is 0 Å². The van der Waals surface area contributed by atoms with Crippen molar-refractivity contribution in [1.29, 1.82) is 0 Å². The molecule has 4 heteroatoms. The highest BCUT2D eigenvalue weighted by atomic mass is 16.7. The maximum atomic E-state index is 10.9. The van der Waals surface area contributed by atoms with Crippen LogP contribution < -0.4 is 5.32 Å². The largest absolute Gasteiger partial charge is 0.421 e. The van der Waals surface area contributed by atoms with Gasteiger partial charge in [-0.15, -0.1) is 0 Å². The van der Waals surface area contributed by atoms with Crippen molar-refractivity contribution in [3.63, 3.8) is 0 Å². The Hall–Kier alpha value is -0.610. The Morgan fingerprint density at radius 1 is 1.82 bits per heavy atom. The monoisotopic (exact) mass is 159 g/mol. The third-order valence-corrected chi connectivity index (χ3v) is 1.37. The maximum absolute atomic E-state index is 10.9. The Morgan fingerprint density at radius 3 is 3.18 bits per heavy atom. The Morgan fingerprint density at radius 2 is 2.64 bits per heavy atom. The number of ether oxygens (including phenoxy) is 2. The van der Waals surface area contributed by atoms with Gasteiger partial charge in [0.15, 0.2) is 0 Å². The Balaban J connectivity index is 2.13. The van der Waals surface area contributed by atoms with Crippen LogP contribution in [0.4, 0.5) is 0 Å². The summed E-state index contributed by atoms with van der Waals surface area (Å²) < 4.78 is 9.90. The molecule has 0 saturated carbocycles. The standard InChI is InChI=1S/C7H13NO3/c1-2-3-6(9)11-7-8-4-5-10-7/h7-8H,2-5H2,1H3. The SMILES string of the molecule is CCCC(=O)OC1NCCO1. The molecule has 1 unspecified atom stereocenters. The van der Waals surface area contributed by atoms with Gasteiger partial charge in [-0.05, 0) is 6.42 Å². The van der Waals surface area contributed by atoms with Gasteiger partial charge in [0, 0.05) is 13.0 Å². The molecule has 64 valence electrons. The van der Waals surface area contributed by atoms with Gasteiger partial charge in [0.1, 0.15) is 0 Å². The highest BCUT2D eigenvalue weighted by Crippen LogP contribution is 2.00. The van der Waals surface area contributed by atoms with Gasteiger partial charge in [-0.3, -0.25) is 10.1 Å². The first-order valence-electron chi connectivity index (χ1n) is 3.87. The van der Waals surface area contributed by atoms with Crippen molar-refractivity contribution in [1.82, 2.24) is 5.32 Å². The van der Waals surface area contributed by atoms with E-state index in [0.29, 0.717) is 13.0 Å². The molecule has 1 saturated heterocycles. The third kappa shape index (κ3) is 2.86. The van der Waals surface area contributed by atoms with E-state index in [0.717, 1.165) is 13.0 Å². The van der Waals surface area contributed by atoms with Crippen molar-refractivity contribution in [3.05, 3.63) is 0 Å². The molecule has 0 aromatic rings. The van der Waals surface area contributed by atoms with Gasteiger partial charge in [0.25, 0.3) is 6.41 Å². The molecule has 4 nitrogen and oxygen atoms in total. The molecule has 0 amide bonds. The van der Waals surface area contributed by atoms with E-state index in [4.69, 9.17) is 9.47 Å². The smallest absolute Gasteiger partial charge is 0.309 e. The lowest BCUT2D eigenvalue weighted by Crippen LogP contribution is -2.28. The van der Waals surface area contributed by atoms with E-state index in [1.54, 1.807) is 0 Å². The average Bonchev–Trinajstić information content (AvgIpc) is 2.40. The summed E-state index contributed by atoms with van der Waals surface area (Å²) >= 11 is 0. The number of hydrogen-bond acceptors (Lipinski definition) is 4. The molecule has 0 aromatic heterocycles. The van der Waals surface area contributed by atoms with E-state index in [9.17, 15) is 4.79 Å². The Bertz CT molecular complexity index is 132. The zero-order valence-electron chi connectivity index (χ0n) is 6.63. The molecule has 1 rings (SSSR count). The van der Waals surface area contributed by atoms with Gasteiger partial charge in [0.05, 0.1) is 6.61 Å². The summed E-state index contributed by atoms with van der Waals surface area (Å²) in [5.41, 5.74) is 0. The second-order valence-corrected chi connectivity index (χ2v) is 2.40. The van der Waals surface area contributed by atoms with E-state index >= 15 is 0 Å². The average molecular weight is 159 g/mol. The van der Waals surface area contributed by atoms with Crippen molar-refractivity contribution < 1.29 is 14.3 Å². The molecule has 0 bridgehead atoms. The summed E-state index contributed by atoms with van der Waals surface area (Å²) in [6.45, 7) is 3.30. The van der Waals surface area contributed by atoms with Gasteiger partial charge >= 0.3 is 5.97 Å². The zero-order chi connectivity index (χ0) is 8.10. The zero-order valence-corrected chi connectivity index (χ0v) is 6.63. The molecule has 0 aromatic carbocycles. The number of carbonyl (C=O) groups is 1. The van der Waals surface area contributed by atoms with Crippen LogP contribution in [0, 0.1) is 0 Å². The number of hydrogen-bond donors (Lipinski definition) is 1. The number of esters is 1.